The molecule has 1 aromatic carbocycles. The van der Waals surface area contributed by atoms with Crippen molar-refractivity contribution in [3.05, 3.63) is 42.0 Å². The first-order chi connectivity index (χ1) is 6.65. The van der Waals surface area contributed by atoms with Crippen LogP contribution < -0.4 is 5.73 Å². The molecule has 0 saturated carbocycles. The number of phenolic OH excluding ortho intramolecular Hbond substituents is 1. The second kappa shape index (κ2) is 6.49. The van der Waals surface area contributed by atoms with Crippen LogP contribution in [-0.2, 0) is 0 Å². The number of hydrogen-bond acceptors (Lipinski definition) is 2. The van der Waals surface area contributed by atoms with Crippen LogP contribution in [0.15, 0.2) is 30.9 Å². The van der Waals surface area contributed by atoms with Crippen molar-refractivity contribution >= 4 is 12.4 Å². The van der Waals surface area contributed by atoms with Crippen LogP contribution in [0.2, 0.25) is 0 Å². The van der Waals surface area contributed by atoms with Crippen LogP contribution in [0.5, 0.6) is 5.75 Å². The molecule has 0 aliphatic rings. The lowest BCUT2D eigenvalue weighted by atomic mass is 10.0. The summed E-state index contributed by atoms with van der Waals surface area (Å²) in [6.45, 7) is 5.59. The number of aryl methyl sites for hydroxylation is 1. The minimum atomic E-state index is -0.103. The third-order valence-electron chi connectivity index (χ3n) is 2.27. The fourth-order valence-electron chi connectivity index (χ4n) is 1.42. The van der Waals surface area contributed by atoms with Crippen LogP contribution in [0.1, 0.15) is 30.0 Å². The number of halogens is 1. The van der Waals surface area contributed by atoms with Gasteiger partial charge in [-0.3, -0.25) is 0 Å². The van der Waals surface area contributed by atoms with Crippen LogP contribution in [0.3, 0.4) is 0 Å². The van der Waals surface area contributed by atoms with Crippen molar-refractivity contribution in [3.8, 4) is 5.75 Å². The maximum atomic E-state index is 9.66. The van der Waals surface area contributed by atoms with E-state index in [2.05, 4.69) is 6.58 Å². The molecule has 1 atom stereocenters. The zero-order valence-corrected chi connectivity index (χ0v) is 9.76. The van der Waals surface area contributed by atoms with Crippen molar-refractivity contribution in [3.63, 3.8) is 0 Å². The van der Waals surface area contributed by atoms with Gasteiger partial charge in [0.25, 0.3) is 0 Å². The van der Waals surface area contributed by atoms with Gasteiger partial charge in [0.05, 0.1) is 0 Å². The molecule has 0 amide bonds. The van der Waals surface area contributed by atoms with E-state index in [4.69, 9.17) is 5.73 Å². The number of hydrogen-bond donors (Lipinski definition) is 2. The van der Waals surface area contributed by atoms with E-state index in [9.17, 15) is 5.11 Å². The molecule has 0 saturated heterocycles. The molecule has 0 aromatic heterocycles. The maximum absolute atomic E-state index is 9.66. The van der Waals surface area contributed by atoms with Gasteiger partial charge in [-0.15, -0.1) is 19.0 Å². The van der Waals surface area contributed by atoms with E-state index in [0.29, 0.717) is 5.75 Å². The molecule has 3 N–H and O–H groups in total. The molecule has 1 rings (SSSR count). The van der Waals surface area contributed by atoms with Gasteiger partial charge in [-0.2, -0.15) is 0 Å². The number of nitrogens with two attached hydrogens (primary N) is 1. The predicted octanol–water partition coefficient (Wildman–Crippen LogP) is 3.09. The molecular weight excluding hydrogens is 210 g/mol. The summed E-state index contributed by atoms with van der Waals surface area (Å²) in [5.74, 6) is 0.293. The summed E-state index contributed by atoms with van der Waals surface area (Å²) >= 11 is 0. The van der Waals surface area contributed by atoms with Gasteiger partial charge in [-0.1, -0.05) is 18.2 Å². The van der Waals surface area contributed by atoms with Crippen LogP contribution >= 0.6 is 12.4 Å². The van der Waals surface area contributed by atoms with Crippen molar-refractivity contribution in [1.82, 2.24) is 0 Å². The summed E-state index contributed by atoms with van der Waals surface area (Å²) in [6.07, 6.45) is 3.53. The van der Waals surface area contributed by atoms with E-state index in [0.717, 1.165) is 24.0 Å². The van der Waals surface area contributed by atoms with E-state index in [-0.39, 0.29) is 18.4 Å². The molecule has 0 aliphatic heterocycles. The molecule has 84 valence electrons. The molecule has 15 heavy (non-hydrogen) atoms. The lowest BCUT2D eigenvalue weighted by Crippen LogP contribution is -2.09. The van der Waals surface area contributed by atoms with Crippen molar-refractivity contribution in [1.29, 1.82) is 0 Å². The predicted molar refractivity (Wildman–Crippen MR) is 66.5 cm³/mol. The normalized spacial score (nSPS) is 11.6. The van der Waals surface area contributed by atoms with Gasteiger partial charge in [-0.25, -0.2) is 0 Å². The molecule has 0 unspecified atom stereocenters. The largest absolute Gasteiger partial charge is 0.508 e. The SMILES string of the molecule is C=CCC[C@H](N)c1ccc(C)cc1O.Cl. The lowest BCUT2D eigenvalue weighted by molar-refractivity contribution is 0.458. The van der Waals surface area contributed by atoms with Gasteiger partial charge in [0.1, 0.15) is 5.75 Å². The molecule has 2 nitrogen and oxygen atoms in total. The first kappa shape index (κ1) is 14.0. The van der Waals surface area contributed by atoms with E-state index < -0.39 is 0 Å². The Labute approximate surface area is 97.2 Å². The van der Waals surface area contributed by atoms with Crippen LogP contribution in [0, 0.1) is 6.92 Å². The molecule has 0 radical (unpaired) electrons. The number of phenols is 1. The average molecular weight is 228 g/mol. The van der Waals surface area contributed by atoms with Gasteiger partial charge >= 0.3 is 0 Å². The summed E-state index contributed by atoms with van der Waals surface area (Å²) in [7, 11) is 0. The fraction of sp³-hybridized carbons (Fsp3) is 0.333. The van der Waals surface area contributed by atoms with Gasteiger partial charge in [0.2, 0.25) is 0 Å². The Bertz CT molecular complexity index is 325. The molecule has 0 heterocycles. The monoisotopic (exact) mass is 227 g/mol. The maximum Gasteiger partial charge on any atom is 0.120 e. The van der Waals surface area contributed by atoms with Gasteiger partial charge in [0, 0.05) is 11.6 Å². The summed E-state index contributed by atoms with van der Waals surface area (Å²) in [4.78, 5) is 0. The second-order valence-corrected chi connectivity index (χ2v) is 3.53. The molecule has 0 bridgehead atoms. The Kier molecular flexibility index (Phi) is 6.06. The smallest absolute Gasteiger partial charge is 0.120 e. The number of allylic oxidation sites excluding steroid dienone is 1. The Hall–Kier alpha value is -0.990. The van der Waals surface area contributed by atoms with E-state index in [1.807, 2.05) is 25.1 Å². The standard InChI is InChI=1S/C12H17NO.ClH/c1-3-4-5-11(13)10-7-6-9(2)8-12(10)14;/h3,6-8,11,14H,1,4-5,13H2,2H3;1H/t11-;/m0./s1. The Morgan fingerprint density at radius 2 is 2.20 bits per heavy atom. The van der Waals surface area contributed by atoms with Crippen LogP contribution in [-0.4, -0.2) is 5.11 Å². The highest BCUT2D eigenvalue weighted by atomic mass is 35.5. The quantitative estimate of drug-likeness (QED) is 0.777. The Morgan fingerprint density at radius 1 is 1.53 bits per heavy atom. The summed E-state index contributed by atoms with van der Waals surface area (Å²) in [5, 5.41) is 9.66. The van der Waals surface area contributed by atoms with E-state index in [1.165, 1.54) is 0 Å². The van der Waals surface area contributed by atoms with Crippen molar-refractivity contribution in [2.24, 2.45) is 5.73 Å². The topological polar surface area (TPSA) is 46.2 Å². The first-order valence-electron chi connectivity index (χ1n) is 4.81. The van der Waals surface area contributed by atoms with Crippen molar-refractivity contribution in [2.45, 2.75) is 25.8 Å². The molecular formula is C12H18ClNO. The highest BCUT2D eigenvalue weighted by Crippen LogP contribution is 2.26. The second-order valence-electron chi connectivity index (χ2n) is 3.53. The summed E-state index contributed by atoms with van der Waals surface area (Å²) < 4.78 is 0. The zero-order valence-electron chi connectivity index (χ0n) is 8.94. The van der Waals surface area contributed by atoms with Crippen LogP contribution in [0.4, 0.5) is 0 Å². The Morgan fingerprint density at radius 3 is 2.73 bits per heavy atom. The first-order valence-corrected chi connectivity index (χ1v) is 4.81. The molecule has 3 heteroatoms. The minimum Gasteiger partial charge on any atom is -0.508 e. The summed E-state index contributed by atoms with van der Waals surface area (Å²) in [5.41, 5.74) is 7.78. The van der Waals surface area contributed by atoms with Gasteiger partial charge in [0.15, 0.2) is 0 Å². The van der Waals surface area contributed by atoms with Crippen LogP contribution in [0.25, 0.3) is 0 Å². The number of benzene rings is 1. The van der Waals surface area contributed by atoms with Crippen molar-refractivity contribution < 1.29 is 5.11 Å². The van der Waals surface area contributed by atoms with E-state index in [1.54, 1.807) is 6.07 Å². The molecule has 0 fully saturated rings. The lowest BCUT2D eigenvalue weighted by Gasteiger charge is -2.12. The minimum absolute atomic E-state index is 0. The third kappa shape index (κ3) is 3.94. The average Bonchev–Trinajstić information content (AvgIpc) is 2.14. The van der Waals surface area contributed by atoms with Gasteiger partial charge in [-0.05, 0) is 31.4 Å². The summed E-state index contributed by atoms with van der Waals surface area (Å²) in [6, 6.07) is 5.48. The number of rotatable bonds is 4. The zero-order chi connectivity index (χ0) is 10.6. The fourth-order valence-corrected chi connectivity index (χ4v) is 1.42. The highest BCUT2D eigenvalue weighted by Gasteiger charge is 2.09. The molecule has 1 aromatic rings. The molecule has 0 spiro atoms. The highest BCUT2D eigenvalue weighted by molar-refractivity contribution is 5.85. The van der Waals surface area contributed by atoms with E-state index >= 15 is 0 Å². The Balaban J connectivity index is 0.00000196. The molecule has 0 aliphatic carbocycles. The third-order valence-corrected chi connectivity index (χ3v) is 2.27. The van der Waals surface area contributed by atoms with Gasteiger partial charge < -0.3 is 10.8 Å². The number of aromatic hydroxyl groups is 1. The van der Waals surface area contributed by atoms with Crippen molar-refractivity contribution in [2.75, 3.05) is 0 Å².